The van der Waals surface area contributed by atoms with E-state index in [1.54, 1.807) is 24.3 Å². The van der Waals surface area contributed by atoms with Gasteiger partial charge in [-0.2, -0.15) is 0 Å². The van der Waals surface area contributed by atoms with Gasteiger partial charge in [-0.25, -0.2) is 4.79 Å². The molecular formula is C20H14Cl3NO3S. The summed E-state index contributed by atoms with van der Waals surface area (Å²) in [6.07, 6.45) is 4.11. The van der Waals surface area contributed by atoms with Gasteiger partial charge in [0.25, 0.3) is 5.56 Å². The van der Waals surface area contributed by atoms with Gasteiger partial charge < -0.3 is 9.67 Å². The second-order valence-corrected chi connectivity index (χ2v) is 8.47. The van der Waals surface area contributed by atoms with E-state index in [0.717, 1.165) is 10.4 Å². The number of rotatable bonds is 6. The average Bonchev–Trinajstić information content (AvgIpc) is 3.08. The maximum absolute atomic E-state index is 12.6. The summed E-state index contributed by atoms with van der Waals surface area (Å²) in [5.74, 6) is -0.981. The van der Waals surface area contributed by atoms with E-state index in [2.05, 4.69) is 0 Å². The smallest absolute Gasteiger partial charge is 0.335 e. The highest BCUT2D eigenvalue weighted by Gasteiger charge is 2.11. The largest absolute Gasteiger partial charge is 0.478 e. The molecule has 0 aliphatic heterocycles. The average molecular weight is 455 g/mol. The van der Waals surface area contributed by atoms with Crippen LogP contribution in [0.2, 0.25) is 14.4 Å². The van der Waals surface area contributed by atoms with Crippen molar-refractivity contribution < 1.29 is 9.90 Å². The van der Waals surface area contributed by atoms with Gasteiger partial charge in [0.1, 0.15) is 5.02 Å². The molecule has 3 rings (SSSR count). The van der Waals surface area contributed by atoms with E-state index < -0.39 is 5.97 Å². The molecule has 0 spiro atoms. The van der Waals surface area contributed by atoms with E-state index in [4.69, 9.17) is 39.9 Å². The Hall–Kier alpha value is -2.05. The second kappa shape index (κ2) is 8.97. The van der Waals surface area contributed by atoms with Crippen LogP contribution in [0.4, 0.5) is 0 Å². The lowest BCUT2D eigenvalue weighted by atomic mass is 10.1. The summed E-state index contributed by atoms with van der Waals surface area (Å²) in [5.41, 5.74) is 1.32. The van der Waals surface area contributed by atoms with Crippen molar-refractivity contribution >= 4 is 64.3 Å². The second-order valence-electron chi connectivity index (χ2n) is 5.91. The fourth-order valence-electron chi connectivity index (χ4n) is 2.64. The van der Waals surface area contributed by atoms with E-state index >= 15 is 0 Å². The molecule has 144 valence electrons. The van der Waals surface area contributed by atoms with Crippen LogP contribution >= 0.6 is 46.1 Å². The molecule has 28 heavy (non-hydrogen) atoms. The summed E-state index contributed by atoms with van der Waals surface area (Å²) >= 11 is 19.7. The molecular weight excluding hydrogens is 441 g/mol. The molecule has 0 aliphatic rings. The van der Waals surface area contributed by atoms with Crippen LogP contribution in [0.3, 0.4) is 0 Å². The maximum Gasteiger partial charge on any atom is 0.335 e. The van der Waals surface area contributed by atoms with E-state index in [1.807, 2.05) is 12.1 Å². The third-order valence-corrected chi connectivity index (χ3v) is 5.83. The highest BCUT2D eigenvalue weighted by molar-refractivity contribution is 7.17. The molecule has 0 atom stereocenters. The summed E-state index contributed by atoms with van der Waals surface area (Å²) in [6.45, 7) is 0.344. The normalized spacial score (nSPS) is 11.2. The number of aromatic carboxylic acids is 1. The molecule has 0 amide bonds. The number of hydrogen-bond donors (Lipinski definition) is 1. The molecule has 0 saturated carbocycles. The maximum atomic E-state index is 12.6. The van der Waals surface area contributed by atoms with Gasteiger partial charge in [0.15, 0.2) is 0 Å². The summed E-state index contributed by atoms with van der Waals surface area (Å²) in [6, 6.07) is 11.6. The number of aromatic nitrogens is 1. The van der Waals surface area contributed by atoms with Crippen LogP contribution in [0.5, 0.6) is 0 Å². The molecule has 2 aromatic heterocycles. The number of carboxylic acids is 1. The third-order valence-electron chi connectivity index (χ3n) is 4.06. The minimum absolute atomic E-state index is 0.0440. The Labute approximate surface area is 180 Å². The Morgan fingerprint density at radius 3 is 2.36 bits per heavy atom. The first-order chi connectivity index (χ1) is 13.3. The van der Waals surface area contributed by atoms with Crippen LogP contribution in [0.25, 0.3) is 12.2 Å². The number of benzene rings is 1. The Bertz CT molecular complexity index is 1100. The Morgan fingerprint density at radius 2 is 1.75 bits per heavy atom. The molecule has 1 aromatic carbocycles. The summed E-state index contributed by atoms with van der Waals surface area (Å²) in [7, 11) is 0. The van der Waals surface area contributed by atoms with E-state index in [-0.39, 0.29) is 16.1 Å². The van der Waals surface area contributed by atoms with Gasteiger partial charge in [0.05, 0.1) is 20.6 Å². The third kappa shape index (κ3) is 4.86. The molecule has 1 N–H and O–H groups in total. The van der Waals surface area contributed by atoms with E-state index in [1.165, 1.54) is 34.1 Å². The molecule has 0 radical (unpaired) electrons. The zero-order valence-corrected chi connectivity index (χ0v) is 17.4. The zero-order valence-electron chi connectivity index (χ0n) is 14.4. The number of pyridine rings is 1. The van der Waals surface area contributed by atoms with Crippen molar-refractivity contribution in [2.24, 2.45) is 0 Å². The lowest BCUT2D eigenvalue weighted by molar-refractivity contribution is 0.0697. The molecule has 4 nitrogen and oxygen atoms in total. The Kier molecular flexibility index (Phi) is 6.62. The van der Waals surface area contributed by atoms with Crippen LogP contribution in [0.1, 0.15) is 26.5 Å². The summed E-state index contributed by atoms with van der Waals surface area (Å²) < 4.78 is 2.19. The van der Waals surface area contributed by atoms with Crippen molar-refractivity contribution in [1.29, 1.82) is 0 Å². The van der Waals surface area contributed by atoms with E-state index in [9.17, 15) is 9.59 Å². The molecule has 0 unspecified atom stereocenters. The summed E-state index contributed by atoms with van der Waals surface area (Å²) in [4.78, 5) is 24.5. The predicted octanol–water partition coefficient (Wildman–Crippen LogP) is 5.98. The minimum Gasteiger partial charge on any atom is -0.478 e. The number of carboxylic acid groups (broad SMARTS) is 1. The number of halogens is 3. The molecule has 0 aliphatic carbocycles. The van der Waals surface area contributed by atoms with Gasteiger partial charge >= 0.3 is 5.97 Å². The van der Waals surface area contributed by atoms with Crippen LogP contribution < -0.4 is 5.56 Å². The van der Waals surface area contributed by atoms with Gasteiger partial charge in [-0.05, 0) is 54.5 Å². The van der Waals surface area contributed by atoms with Gasteiger partial charge in [0, 0.05) is 11.4 Å². The first-order valence-corrected chi connectivity index (χ1v) is 10.1. The highest BCUT2D eigenvalue weighted by atomic mass is 35.5. The quantitative estimate of drug-likeness (QED) is 0.498. The Morgan fingerprint density at radius 1 is 1.04 bits per heavy atom. The highest BCUT2D eigenvalue weighted by Crippen LogP contribution is 2.25. The monoisotopic (exact) mass is 453 g/mol. The number of aryl methyl sites for hydroxylation is 1. The zero-order chi connectivity index (χ0) is 20.3. The fourth-order valence-corrected chi connectivity index (χ4v) is 4.14. The SMILES string of the molecule is O=C(O)c1ccc(CCn2c(C=Cc3ccc(Cl)s3)c(Cl)cc(Cl)c2=O)cc1. The van der Waals surface area contributed by atoms with Crippen molar-refractivity contribution in [3.8, 4) is 0 Å². The Balaban J connectivity index is 1.89. The molecule has 2 heterocycles. The van der Waals surface area contributed by atoms with Crippen LogP contribution in [0, 0.1) is 0 Å². The number of thiophene rings is 1. The van der Waals surface area contributed by atoms with Crippen molar-refractivity contribution in [2.45, 2.75) is 13.0 Å². The minimum atomic E-state index is -0.981. The number of nitrogens with zero attached hydrogens (tertiary/aromatic N) is 1. The van der Waals surface area contributed by atoms with Crippen LogP contribution in [-0.2, 0) is 13.0 Å². The lowest BCUT2D eigenvalue weighted by Gasteiger charge is -2.13. The van der Waals surface area contributed by atoms with E-state index in [0.29, 0.717) is 28.0 Å². The fraction of sp³-hybridized carbons (Fsp3) is 0.100. The predicted molar refractivity (Wildman–Crippen MR) is 116 cm³/mol. The van der Waals surface area contributed by atoms with Crippen molar-refractivity contribution in [3.05, 3.63) is 88.9 Å². The molecule has 0 fully saturated rings. The number of hydrogen-bond acceptors (Lipinski definition) is 3. The van der Waals surface area contributed by atoms with Crippen LogP contribution in [-0.4, -0.2) is 15.6 Å². The first-order valence-electron chi connectivity index (χ1n) is 8.19. The van der Waals surface area contributed by atoms with Gasteiger partial charge in [-0.1, -0.05) is 46.9 Å². The number of carbonyl (C=O) groups is 1. The van der Waals surface area contributed by atoms with Crippen molar-refractivity contribution in [1.82, 2.24) is 4.57 Å². The lowest BCUT2D eigenvalue weighted by Crippen LogP contribution is -2.24. The molecule has 8 heteroatoms. The first kappa shape index (κ1) is 20.7. The van der Waals surface area contributed by atoms with Crippen molar-refractivity contribution in [2.75, 3.05) is 0 Å². The molecule has 0 saturated heterocycles. The molecule has 0 bridgehead atoms. The van der Waals surface area contributed by atoms with Gasteiger partial charge in [-0.3, -0.25) is 4.79 Å². The van der Waals surface area contributed by atoms with Gasteiger partial charge in [-0.15, -0.1) is 11.3 Å². The standard InChI is InChI=1S/C20H14Cl3NO3S/c21-15-11-16(22)19(25)24(17(15)7-5-14-6-8-18(23)28-14)10-9-12-1-3-13(4-2-12)20(26)27/h1-8,11H,9-10H2,(H,26,27). The molecule has 3 aromatic rings. The van der Waals surface area contributed by atoms with Crippen LogP contribution in [0.15, 0.2) is 47.3 Å². The summed E-state index contributed by atoms with van der Waals surface area (Å²) in [5, 5.41) is 9.39. The van der Waals surface area contributed by atoms with Gasteiger partial charge in [0.2, 0.25) is 0 Å². The van der Waals surface area contributed by atoms with Crippen molar-refractivity contribution in [3.63, 3.8) is 0 Å². The topological polar surface area (TPSA) is 59.3 Å².